The van der Waals surface area contributed by atoms with Crippen LogP contribution in [0.3, 0.4) is 0 Å². The Hall–Kier alpha value is -1.88. The van der Waals surface area contributed by atoms with E-state index in [0.717, 1.165) is 5.56 Å². The van der Waals surface area contributed by atoms with Crippen molar-refractivity contribution in [1.82, 2.24) is 24.2 Å². The number of hydrogen-bond acceptors (Lipinski definition) is 5. The van der Waals surface area contributed by atoms with Gasteiger partial charge in [0.25, 0.3) is 10.2 Å². The van der Waals surface area contributed by atoms with Crippen molar-refractivity contribution in [1.29, 1.82) is 0 Å². The van der Waals surface area contributed by atoms with Crippen LogP contribution < -0.4 is 4.72 Å². The molecule has 0 aliphatic carbocycles. The number of benzene rings is 1. The third kappa shape index (κ3) is 5.05. The normalized spacial score (nSPS) is 16.2. The highest BCUT2D eigenvalue weighted by Crippen LogP contribution is 2.08. The summed E-state index contributed by atoms with van der Waals surface area (Å²) in [7, 11) is -3.50. The number of halogens is 1. The zero-order valence-corrected chi connectivity index (χ0v) is 14.4. The van der Waals surface area contributed by atoms with Crippen LogP contribution in [0.2, 0.25) is 0 Å². The summed E-state index contributed by atoms with van der Waals surface area (Å²) in [5.41, 5.74) is 0.788. The molecule has 1 aliphatic rings. The highest BCUT2D eigenvalue weighted by atomic mass is 32.2. The maximum Gasteiger partial charge on any atom is 0.279 e. The Morgan fingerprint density at radius 1 is 1.32 bits per heavy atom. The van der Waals surface area contributed by atoms with Gasteiger partial charge in [-0.15, -0.1) is 0 Å². The van der Waals surface area contributed by atoms with E-state index in [-0.39, 0.29) is 12.4 Å². The second kappa shape index (κ2) is 8.00. The number of hydrogen-bond donors (Lipinski definition) is 2. The average Bonchev–Trinajstić information content (AvgIpc) is 3.03. The summed E-state index contributed by atoms with van der Waals surface area (Å²) in [5, 5.41) is 6.87. The number of morpholine rings is 1. The molecule has 0 saturated carbocycles. The Balaban J connectivity index is 1.50. The maximum atomic E-state index is 13.2. The molecule has 0 unspecified atom stereocenters. The van der Waals surface area contributed by atoms with Crippen molar-refractivity contribution in [3.05, 3.63) is 47.3 Å². The van der Waals surface area contributed by atoms with Gasteiger partial charge >= 0.3 is 0 Å². The van der Waals surface area contributed by atoms with E-state index in [1.807, 2.05) is 6.07 Å². The Labute approximate surface area is 145 Å². The van der Waals surface area contributed by atoms with Crippen LogP contribution in [0, 0.1) is 5.82 Å². The van der Waals surface area contributed by atoms with Crippen molar-refractivity contribution in [3.8, 4) is 0 Å². The van der Waals surface area contributed by atoms with Gasteiger partial charge in [-0.2, -0.15) is 17.8 Å². The third-order valence-corrected chi connectivity index (χ3v) is 5.40. The van der Waals surface area contributed by atoms with Crippen LogP contribution >= 0.6 is 0 Å². The fourth-order valence-electron chi connectivity index (χ4n) is 2.54. The molecule has 10 heteroatoms. The molecule has 2 N–H and O–H groups in total. The smallest absolute Gasteiger partial charge is 0.279 e. The number of rotatable bonds is 7. The van der Waals surface area contributed by atoms with E-state index in [2.05, 4.69) is 19.9 Å². The minimum Gasteiger partial charge on any atom is -0.379 e. The Kier molecular flexibility index (Phi) is 5.74. The first-order valence-corrected chi connectivity index (χ1v) is 9.44. The summed E-state index contributed by atoms with van der Waals surface area (Å²) < 4.78 is 46.5. The number of aromatic amines is 1. The predicted octanol–water partition coefficient (Wildman–Crippen LogP) is 0.244. The van der Waals surface area contributed by atoms with Gasteiger partial charge in [-0.25, -0.2) is 14.1 Å². The number of nitrogens with zero attached hydrogens (tertiary/aromatic N) is 3. The summed E-state index contributed by atoms with van der Waals surface area (Å²) in [5.74, 6) is 0.822. The summed E-state index contributed by atoms with van der Waals surface area (Å²) in [6.45, 7) is 1.73. The summed E-state index contributed by atoms with van der Waals surface area (Å²) in [6.07, 6.45) is 0.799. The number of H-pyrrole nitrogens is 1. The Morgan fingerprint density at radius 3 is 2.88 bits per heavy atom. The van der Waals surface area contributed by atoms with Gasteiger partial charge in [0, 0.05) is 32.5 Å². The molecule has 1 aliphatic heterocycles. The van der Waals surface area contributed by atoms with Crippen molar-refractivity contribution in [3.63, 3.8) is 0 Å². The van der Waals surface area contributed by atoms with Crippen LogP contribution in [0.1, 0.15) is 17.2 Å². The zero-order chi connectivity index (χ0) is 17.7. The SMILES string of the molecule is O=S(=O)(NCCc1n[nH]c(Cc2cccc(F)c2)n1)N1CCOCC1. The topological polar surface area (TPSA) is 100 Å². The molecule has 2 aromatic rings. The van der Waals surface area contributed by atoms with Gasteiger partial charge in [0.2, 0.25) is 0 Å². The molecular formula is C15H20FN5O3S. The van der Waals surface area contributed by atoms with Crippen molar-refractivity contribution in [2.45, 2.75) is 12.8 Å². The summed E-state index contributed by atoms with van der Waals surface area (Å²) in [6, 6.07) is 6.28. The van der Waals surface area contributed by atoms with E-state index < -0.39 is 10.2 Å². The third-order valence-electron chi connectivity index (χ3n) is 3.78. The second-order valence-corrected chi connectivity index (χ2v) is 7.42. The van der Waals surface area contributed by atoms with Crippen LogP contribution in [0.5, 0.6) is 0 Å². The van der Waals surface area contributed by atoms with E-state index in [4.69, 9.17) is 4.74 Å². The van der Waals surface area contributed by atoms with Gasteiger partial charge in [-0.3, -0.25) is 5.10 Å². The monoisotopic (exact) mass is 369 g/mol. The summed E-state index contributed by atoms with van der Waals surface area (Å²) >= 11 is 0. The quantitative estimate of drug-likeness (QED) is 0.728. The van der Waals surface area contributed by atoms with Crippen LogP contribution in [0.15, 0.2) is 24.3 Å². The van der Waals surface area contributed by atoms with E-state index in [1.165, 1.54) is 16.4 Å². The molecule has 25 heavy (non-hydrogen) atoms. The van der Waals surface area contributed by atoms with Gasteiger partial charge in [-0.05, 0) is 17.7 Å². The lowest BCUT2D eigenvalue weighted by molar-refractivity contribution is 0.0725. The lowest BCUT2D eigenvalue weighted by Crippen LogP contribution is -2.47. The molecule has 0 atom stereocenters. The number of aromatic nitrogens is 3. The van der Waals surface area contributed by atoms with Gasteiger partial charge in [0.05, 0.1) is 13.2 Å². The van der Waals surface area contributed by atoms with Crippen LogP contribution in [-0.4, -0.2) is 60.8 Å². The lowest BCUT2D eigenvalue weighted by atomic mass is 10.1. The molecule has 0 radical (unpaired) electrons. The predicted molar refractivity (Wildman–Crippen MR) is 88.6 cm³/mol. The first-order chi connectivity index (χ1) is 12.0. The highest BCUT2D eigenvalue weighted by molar-refractivity contribution is 7.87. The highest BCUT2D eigenvalue weighted by Gasteiger charge is 2.23. The standard InChI is InChI=1S/C15H20FN5O3S/c16-13-3-1-2-12(10-13)11-15-18-14(19-20-15)4-5-17-25(22,23)21-6-8-24-9-7-21/h1-3,10,17H,4-9,11H2,(H,18,19,20). The molecule has 0 amide bonds. The molecule has 0 spiro atoms. The molecule has 3 rings (SSSR count). The molecule has 1 aromatic heterocycles. The van der Waals surface area contributed by atoms with Crippen LogP contribution in [-0.2, 0) is 27.8 Å². The minimum absolute atomic E-state index is 0.205. The van der Waals surface area contributed by atoms with Gasteiger partial charge in [-0.1, -0.05) is 12.1 Å². The van der Waals surface area contributed by atoms with E-state index >= 15 is 0 Å². The number of ether oxygens (including phenoxy) is 1. The Morgan fingerprint density at radius 2 is 2.12 bits per heavy atom. The fraction of sp³-hybridized carbons (Fsp3) is 0.467. The first kappa shape index (κ1) is 17.9. The Bertz CT molecular complexity index is 805. The van der Waals surface area contributed by atoms with Gasteiger partial charge in [0.1, 0.15) is 11.6 Å². The zero-order valence-electron chi connectivity index (χ0n) is 13.6. The average molecular weight is 369 g/mol. The van der Waals surface area contributed by atoms with Crippen molar-refractivity contribution in [2.24, 2.45) is 0 Å². The van der Waals surface area contributed by atoms with Crippen LogP contribution in [0.25, 0.3) is 0 Å². The fourth-order valence-corrected chi connectivity index (χ4v) is 3.71. The lowest BCUT2D eigenvalue weighted by Gasteiger charge is -2.25. The maximum absolute atomic E-state index is 13.2. The van der Waals surface area contributed by atoms with Crippen molar-refractivity contribution < 1.29 is 17.5 Å². The van der Waals surface area contributed by atoms with E-state index in [0.29, 0.717) is 50.8 Å². The molecule has 136 valence electrons. The first-order valence-electron chi connectivity index (χ1n) is 8.00. The van der Waals surface area contributed by atoms with Gasteiger partial charge < -0.3 is 4.74 Å². The van der Waals surface area contributed by atoms with E-state index in [9.17, 15) is 12.8 Å². The largest absolute Gasteiger partial charge is 0.379 e. The van der Waals surface area contributed by atoms with Crippen molar-refractivity contribution >= 4 is 10.2 Å². The van der Waals surface area contributed by atoms with Crippen LogP contribution in [0.4, 0.5) is 4.39 Å². The number of nitrogens with one attached hydrogen (secondary N) is 2. The minimum atomic E-state index is -3.50. The van der Waals surface area contributed by atoms with E-state index in [1.54, 1.807) is 6.07 Å². The summed E-state index contributed by atoms with van der Waals surface area (Å²) in [4.78, 5) is 4.31. The van der Waals surface area contributed by atoms with Crippen molar-refractivity contribution in [2.75, 3.05) is 32.8 Å². The molecule has 1 saturated heterocycles. The second-order valence-electron chi connectivity index (χ2n) is 5.67. The molecule has 0 bridgehead atoms. The molecule has 1 fully saturated rings. The molecule has 8 nitrogen and oxygen atoms in total. The molecule has 2 heterocycles. The van der Waals surface area contributed by atoms with Gasteiger partial charge in [0.15, 0.2) is 5.82 Å². The molecular weight excluding hydrogens is 349 g/mol. The molecule has 1 aromatic carbocycles.